The first kappa shape index (κ1) is 26.9. The van der Waals surface area contributed by atoms with Gasteiger partial charge in [0, 0.05) is 46.9 Å². The standard InChI is InChI=1S/C31H33NO6S/c1-4-8-20-17-21(18-27(37-5-2)31(20)38-39(35,36)22-15-13-19(3)14-16-22)28-29-23(9-6-11-25(29)33)32-24-10-7-12-26(34)30(24)28/h4,13-18,28,32H,1,5-12H2,2-3H3. The van der Waals surface area contributed by atoms with Crippen molar-refractivity contribution in [2.24, 2.45) is 0 Å². The van der Waals surface area contributed by atoms with Crippen molar-refractivity contribution in [2.75, 3.05) is 6.61 Å². The first-order valence-corrected chi connectivity index (χ1v) is 14.9. The summed E-state index contributed by atoms with van der Waals surface area (Å²) in [6.45, 7) is 7.80. The maximum atomic E-state index is 13.3. The van der Waals surface area contributed by atoms with Crippen molar-refractivity contribution < 1.29 is 26.9 Å². The Kier molecular flexibility index (Phi) is 7.49. The lowest BCUT2D eigenvalue weighted by atomic mass is 9.71. The third-order valence-electron chi connectivity index (χ3n) is 7.45. The normalized spacial score (nSPS) is 17.9. The smallest absolute Gasteiger partial charge is 0.339 e. The fraction of sp³-hybridized carbons (Fsp3) is 0.355. The maximum Gasteiger partial charge on any atom is 0.339 e. The molecule has 0 saturated carbocycles. The number of dihydropyridines is 1. The summed E-state index contributed by atoms with van der Waals surface area (Å²) in [5.74, 6) is -0.143. The molecule has 1 aliphatic heterocycles. The van der Waals surface area contributed by atoms with Gasteiger partial charge in [0.25, 0.3) is 0 Å². The number of nitrogens with one attached hydrogen (secondary N) is 1. The van der Waals surface area contributed by atoms with E-state index in [-0.39, 0.29) is 34.6 Å². The zero-order chi connectivity index (χ0) is 27.7. The van der Waals surface area contributed by atoms with Crippen molar-refractivity contribution in [3.05, 3.63) is 88.3 Å². The topological polar surface area (TPSA) is 98.8 Å². The summed E-state index contributed by atoms with van der Waals surface area (Å²) in [7, 11) is -4.16. The van der Waals surface area contributed by atoms with Gasteiger partial charge in [0.1, 0.15) is 4.90 Å². The van der Waals surface area contributed by atoms with E-state index >= 15 is 0 Å². The molecule has 5 rings (SSSR count). The highest BCUT2D eigenvalue weighted by atomic mass is 32.2. The van der Waals surface area contributed by atoms with Crippen LogP contribution in [0.5, 0.6) is 11.5 Å². The molecule has 39 heavy (non-hydrogen) atoms. The Morgan fingerprint density at radius 2 is 1.59 bits per heavy atom. The molecular formula is C31H33NO6S. The number of carbonyl (C=O) groups excluding carboxylic acids is 2. The van der Waals surface area contributed by atoms with E-state index in [9.17, 15) is 18.0 Å². The third kappa shape index (κ3) is 5.17. The zero-order valence-corrected chi connectivity index (χ0v) is 23.2. The summed E-state index contributed by atoms with van der Waals surface area (Å²) in [5.41, 5.74) is 5.22. The van der Waals surface area contributed by atoms with Crippen molar-refractivity contribution in [1.29, 1.82) is 0 Å². The summed E-state index contributed by atoms with van der Waals surface area (Å²) in [4.78, 5) is 26.6. The van der Waals surface area contributed by atoms with Gasteiger partial charge in [-0.15, -0.1) is 6.58 Å². The fourth-order valence-corrected chi connectivity index (χ4v) is 6.67. The molecule has 2 aliphatic carbocycles. The number of hydrogen-bond donors (Lipinski definition) is 1. The summed E-state index contributed by atoms with van der Waals surface area (Å²) in [5, 5.41) is 3.43. The number of rotatable bonds is 8. The van der Waals surface area contributed by atoms with Crippen molar-refractivity contribution >= 4 is 21.7 Å². The van der Waals surface area contributed by atoms with Crippen LogP contribution >= 0.6 is 0 Å². The number of aryl methyl sites for hydroxylation is 1. The van der Waals surface area contributed by atoms with Crippen molar-refractivity contribution in [2.45, 2.75) is 69.6 Å². The monoisotopic (exact) mass is 547 g/mol. The predicted octanol–water partition coefficient (Wildman–Crippen LogP) is 5.59. The quantitative estimate of drug-likeness (QED) is 0.340. The largest absolute Gasteiger partial charge is 0.490 e. The van der Waals surface area contributed by atoms with Crippen molar-refractivity contribution in [3.8, 4) is 11.5 Å². The van der Waals surface area contributed by atoms with Gasteiger partial charge in [-0.2, -0.15) is 8.42 Å². The molecule has 2 aromatic rings. The van der Waals surface area contributed by atoms with Crippen LogP contribution in [0.4, 0.5) is 0 Å². The summed E-state index contributed by atoms with van der Waals surface area (Å²) in [6.07, 6.45) is 5.86. The van der Waals surface area contributed by atoms with E-state index < -0.39 is 16.0 Å². The van der Waals surface area contributed by atoms with Crippen LogP contribution in [-0.4, -0.2) is 26.6 Å². The van der Waals surface area contributed by atoms with Gasteiger partial charge >= 0.3 is 10.1 Å². The van der Waals surface area contributed by atoms with Crippen molar-refractivity contribution in [1.82, 2.24) is 5.32 Å². The number of ketones is 2. The lowest BCUT2D eigenvalue weighted by molar-refractivity contribution is -0.117. The van der Waals surface area contributed by atoms with Gasteiger partial charge in [0.15, 0.2) is 23.1 Å². The second-order valence-corrected chi connectivity index (χ2v) is 11.7. The Hall–Kier alpha value is -3.65. The second-order valence-electron chi connectivity index (χ2n) is 10.2. The van der Waals surface area contributed by atoms with Crippen LogP contribution in [0.1, 0.15) is 68.1 Å². The summed E-state index contributed by atoms with van der Waals surface area (Å²) < 4.78 is 38.2. The van der Waals surface area contributed by atoms with E-state index in [0.29, 0.717) is 41.5 Å². The van der Waals surface area contributed by atoms with Gasteiger partial charge in [0.2, 0.25) is 0 Å². The number of carbonyl (C=O) groups is 2. The minimum Gasteiger partial charge on any atom is -0.490 e. The van der Waals surface area contributed by atoms with E-state index in [1.165, 1.54) is 12.1 Å². The first-order chi connectivity index (χ1) is 18.7. The number of allylic oxidation sites excluding steroid dienone is 5. The molecule has 204 valence electrons. The van der Waals surface area contributed by atoms with Crippen molar-refractivity contribution in [3.63, 3.8) is 0 Å². The Bertz CT molecular complexity index is 1470. The minimum atomic E-state index is -4.16. The van der Waals surface area contributed by atoms with Crippen LogP contribution in [0.15, 0.2) is 76.5 Å². The molecule has 2 aromatic carbocycles. The van der Waals surface area contributed by atoms with E-state index in [1.54, 1.807) is 31.2 Å². The third-order valence-corrected chi connectivity index (χ3v) is 8.68. The second kappa shape index (κ2) is 10.8. The molecule has 0 saturated heterocycles. The maximum absolute atomic E-state index is 13.3. The molecule has 0 aromatic heterocycles. The van der Waals surface area contributed by atoms with Gasteiger partial charge < -0.3 is 14.2 Å². The molecule has 3 aliphatic rings. The van der Waals surface area contributed by atoms with Crippen LogP contribution in [0.2, 0.25) is 0 Å². The van der Waals surface area contributed by atoms with E-state index in [2.05, 4.69) is 11.9 Å². The molecule has 0 atom stereocenters. The Balaban J connectivity index is 1.67. The van der Waals surface area contributed by atoms with Gasteiger partial charge in [-0.05, 0) is 69.7 Å². The summed E-state index contributed by atoms with van der Waals surface area (Å²) in [6, 6.07) is 10.00. The average molecular weight is 548 g/mol. The van der Waals surface area contributed by atoms with Crippen LogP contribution in [-0.2, 0) is 26.1 Å². The number of hydrogen-bond acceptors (Lipinski definition) is 7. The Morgan fingerprint density at radius 1 is 0.974 bits per heavy atom. The number of benzene rings is 2. The molecule has 0 fully saturated rings. The molecular weight excluding hydrogens is 514 g/mol. The molecule has 8 heteroatoms. The van der Waals surface area contributed by atoms with Gasteiger partial charge in [-0.3, -0.25) is 9.59 Å². The van der Waals surface area contributed by atoms with E-state index in [0.717, 1.165) is 42.6 Å². The number of Topliss-reactive ketones (excluding diaryl/α,β-unsaturated/α-hetero) is 2. The molecule has 1 N–H and O–H groups in total. The molecule has 0 spiro atoms. The zero-order valence-electron chi connectivity index (χ0n) is 22.3. The Morgan fingerprint density at radius 3 is 2.15 bits per heavy atom. The average Bonchev–Trinajstić information content (AvgIpc) is 2.90. The number of ether oxygens (including phenoxy) is 1. The lowest BCUT2D eigenvalue weighted by Crippen LogP contribution is -2.36. The molecule has 1 heterocycles. The van der Waals surface area contributed by atoms with E-state index in [1.807, 2.05) is 13.0 Å². The highest BCUT2D eigenvalue weighted by molar-refractivity contribution is 7.87. The van der Waals surface area contributed by atoms with Crippen LogP contribution in [0, 0.1) is 6.92 Å². The predicted molar refractivity (Wildman–Crippen MR) is 148 cm³/mol. The van der Waals surface area contributed by atoms with E-state index in [4.69, 9.17) is 8.92 Å². The SMILES string of the molecule is C=CCc1cc(C2C3=C(CCCC3=O)NC3=C2C(=O)CCC3)cc(OCC)c1OS(=O)(=O)c1ccc(C)cc1. The van der Waals surface area contributed by atoms with Crippen LogP contribution in [0.3, 0.4) is 0 Å². The highest BCUT2D eigenvalue weighted by Gasteiger charge is 2.41. The minimum absolute atomic E-state index is 0.0316. The molecule has 7 nitrogen and oxygen atoms in total. The van der Waals surface area contributed by atoms with Crippen LogP contribution < -0.4 is 14.2 Å². The van der Waals surface area contributed by atoms with Gasteiger partial charge in [0.05, 0.1) is 6.61 Å². The van der Waals surface area contributed by atoms with Gasteiger partial charge in [-0.1, -0.05) is 29.8 Å². The van der Waals surface area contributed by atoms with Gasteiger partial charge in [-0.25, -0.2) is 0 Å². The lowest BCUT2D eigenvalue weighted by Gasteiger charge is -2.37. The summed E-state index contributed by atoms with van der Waals surface area (Å²) >= 11 is 0. The molecule has 0 radical (unpaired) electrons. The Labute approximate surface area is 229 Å². The highest BCUT2D eigenvalue weighted by Crippen LogP contribution is 2.48. The fourth-order valence-electron chi connectivity index (χ4n) is 5.69. The molecule has 0 amide bonds. The van der Waals surface area contributed by atoms with Crippen LogP contribution in [0.25, 0.3) is 0 Å². The first-order valence-electron chi connectivity index (χ1n) is 13.4. The molecule has 0 bridgehead atoms. The molecule has 0 unspecified atom stereocenters.